The third-order valence-electron chi connectivity index (χ3n) is 2.17. The van der Waals surface area contributed by atoms with Gasteiger partial charge in [-0.25, -0.2) is 0 Å². The first-order valence-electron chi connectivity index (χ1n) is 5.70. The second-order valence-electron chi connectivity index (χ2n) is 4.99. The molecule has 0 bridgehead atoms. The molecule has 78 valence electrons. The molecule has 1 saturated carbocycles. The Balaban J connectivity index is 0.000000223. The van der Waals surface area contributed by atoms with Crippen LogP contribution in [0.3, 0.4) is 0 Å². The van der Waals surface area contributed by atoms with Crippen LogP contribution in [0.2, 0.25) is 0 Å². The summed E-state index contributed by atoms with van der Waals surface area (Å²) in [5.74, 6) is 0. The minimum absolute atomic E-state index is 0.370. The smallest absolute Gasteiger partial charge is 0.0203 e. The first-order valence-corrected chi connectivity index (χ1v) is 5.70. The molecular formula is C13H26. The number of hydrogen-bond donors (Lipinski definition) is 0. The first kappa shape index (κ1) is 12.7. The van der Waals surface area contributed by atoms with Crippen molar-refractivity contribution in [3.63, 3.8) is 0 Å². The van der Waals surface area contributed by atoms with Crippen LogP contribution >= 0.6 is 0 Å². The van der Waals surface area contributed by atoms with Gasteiger partial charge in [0.15, 0.2) is 0 Å². The Labute approximate surface area is 84.4 Å². The molecule has 0 spiro atoms. The Morgan fingerprint density at radius 1 is 0.769 bits per heavy atom. The minimum Gasteiger partial charge on any atom is -0.0911 e. The van der Waals surface area contributed by atoms with E-state index in [1.807, 2.05) is 6.92 Å². The second-order valence-corrected chi connectivity index (χ2v) is 4.99. The molecule has 1 fully saturated rings. The van der Waals surface area contributed by atoms with E-state index in [4.69, 9.17) is 0 Å². The maximum Gasteiger partial charge on any atom is -0.0203 e. The van der Waals surface area contributed by atoms with E-state index in [1.165, 1.54) is 38.5 Å². The lowest BCUT2D eigenvalue weighted by atomic mass is 9.97. The Morgan fingerprint density at radius 2 is 1.08 bits per heavy atom. The zero-order chi connectivity index (χ0) is 10.2. The summed E-state index contributed by atoms with van der Waals surface area (Å²) < 4.78 is 0. The molecule has 0 N–H and O–H groups in total. The second kappa shape index (κ2) is 7.17. The van der Waals surface area contributed by atoms with Crippen molar-refractivity contribution in [2.75, 3.05) is 0 Å². The van der Waals surface area contributed by atoms with Gasteiger partial charge in [0.1, 0.15) is 0 Å². The van der Waals surface area contributed by atoms with Gasteiger partial charge in [-0.05, 0) is 12.3 Å². The highest BCUT2D eigenvalue weighted by Crippen LogP contribution is 2.15. The van der Waals surface area contributed by atoms with Crippen LogP contribution in [0.1, 0.15) is 66.2 Å². The number of rotatable bonds is 0. The zero-order valence-corrected chi connectivity index (χ0v) is 9.90. The molecule has 0 heteroatoms. The largest absolute Gasteiger partial charge is 0.0911 e. The molecule has 0 aromatic rings. The lowest BCUT2D eigenvalue weighted by Gasteiger charge is -2.09. The van der Waals surface area contributed by atoms with Crippen LogP contribution in [0, 0.1) is 5.41 Å². The highest BCUT2D eigenvalue weighted by Gasteiger charge is 2.00. The molecule has 0 aromatic heterocycles. The Kier molecular flexibility index (Phi) is 7.03. The highest BCUT2D eigenvalue weighted by atomic mass is 14.1. The minimum atomic E-state index is 0.370. The van der Waals surface area contributed by atoms with E-state index in [9.17, 15) is 0 Å². The lowest BCUT2D eigenvalue weighted by Crippen LogP contribution is -1.97. The van der Waals surface area contributed by atoms with Crippen LogP contribution in [0.25, 0.3) is 0 Å². The molecule has 0 nitrogen and oxygen atoms in total. The Bertz CT molecular complexity index is 110. The van der Waals surface area contributed by atoms with Gasteiger partial charge >= 0.3 is 0 Å². The van der Waals surface area contributed by atoms with Gasteiger partial charge in [-0.1, -0.05) is 71.4 Å². The molecule has 0 atom stereocenters. The molecule has 1 aliphatic carbocycles. The van der Waals surface area contributed by atoms with Crippen LogP contribution in [0.5, 0.6) is 0 Å². The van der Waals surface area contributed by atoms with Gasteiger partial charge in [-0.15, -0.1) is 0 Å². The maximum absolute atomic E-state index is 2.19. The molecule has 0 saturated heterocycles. The van der Waals surface area contributed by atoms with Crippen molar-refractivity contribution in [1.29, 1.82) is 0 Å². The van der Waals surface area contributed by atoms with Crippen LogP contribution in [0.4, 0.5) is 0 Å². The van der Waals surface area contributed by atoms with Crippen molar-refractivity contribution in [1.82, 2.24) is 0 Å². The van der Waals surface area contributed by atoms with Gasteiger partial charge in [0, 0.05) is 0 Å². The molecule has 1 rings (SSSR count). The van der Waals surface area contributed by atoms with Crippen LogP contribution in [-0.2, 0) is 0 Å². The van der Waals surface area contributed by atoms with E-state index in [0.717, 1.165) is 0 Å². The highest BCUT2D eigenvalue weighted by molar-refractivity contribution is 4.88. The normalized spacial score (nSPS) is 18.2. The fourth-order valence-electron chi connectivity index (χ4n) is 1.56. The standard InChI is InChI=1S/C7H14.C6H12/c1-5-6-7(2,3)4;1-2-4-6-5-3-1/h5-6H,1-4H3;1-6H2. The summed E-state index contributed by atoms with van der Waals surface area (Å²) in [6, 6.07) is 0. The monoisotopic (exact) mass is 182 g/mol. The number of hydrogen-bond acceptors (Lipinski definition) is 0. The molecule has 1 aliphatic rings. The molecule has 0 unspecified atom stereocenters. The lowest BCUT2D eigenvalue weighted by molar-refractivity contribution is 0.504. The zero-order valence-electron chi connectivity index (χ0n) is 9.90. The molecule has 0 amide bonds. The average molecular weight is 182 g/mol. The third kappa shape index (κ3) is 11.7. The fraction of sp³-hybridized carbons (Fsp3) is 0.846. The summed E-state index contributed by atoms with van der Waals surface area (Å²) in [6.07, 6.45) is 13.3. The van der Waals surface area contributed by atoms with Gasteiger partial charge in [-0.2, -0.15) is 0 Å². The summed E-state index contributed by atoms with van der Waals surface area (Å²) in [5, 5.41) is 0. The fourth-order valence-corrected chi connectivity index (χ4v) is 1.56. The molecule has 0 radical (unpaired) electrons. The van der Waals surface area contributed by atoms with Gasteiger partial charge in [0.05, 0.1) is 0 Å². The van der Waals surface area contributed by atoms with Gasteiger partial charge < -0.3 is 0 Å². The van der Waals surface area contributed by atoms with E-state index in [2.05, 4.69) is 32.9 Å². The number of allylic oxidation sites excluding steroid dienone is 2. The van der Waals surface area contributed by atoms with E-state index in [1.54, 1.807) is 0 Å². The summed E-state index contributed by atoms with van der Waals surface area (Å²) >= 11 is 0. The molecule has 0 aliphatic heterocycles. The summed E-state index contributed by atoms with van der Waals surface area (Å²) in [4.78, 5) is 0. The molecule has 13 heavy (non-hydrogen) atoms. The van der Waals surface area contributed by atoms with Gasteiger partial charge in [0.25, 0.3) is 0 Å². The van der Waals surface area contributed by atoms with Gasteiger partial charge in [-0.3, -0.25) is 0 Å². The molecule has 0 heterocycles. The van der Waals surface area contributed by atoms with E-state index in [-0.39, 0.29) is 0 Å². The van der Waals surface area contributed by atoms with E-state index >= 15 is 0 Å². The summed E-state index contributed by atoms with van der Waals surface area (Å²) in [5.41, 5.74) is 0.370. The quantitative estimate of drug-likeness (QED) is 0.465. The topological polar surface area (TPSA) is 0 Å². The predicted molar refractivity (Wildman–Crippen MR) is 62.0 cm³/mol. The van der Waals surface area contributed by atoms with Crippen molar-refractivity contribution < 1.29 is 0 Å². The summed E-state index contributed by atoms with van der Waals surface area (Å²) in [6.45, 7) is 8.61. The van der Waals surface area contributed by atoms with Crippen LogP contribution in [0.15, 0.2) is 12.2 Å². The first-order chi connectivity index (χ1) is 6.06. The van der Waals surface area contributed by atoms with Crippen LogP contribution in [-0.4, -0.2) is 0 Å². The van der Waals surface area contributed by atoms with Crippen molar-refractivity contribution in [2.24, 2.45) is 5.41 Å². The molecule has 0 aromatic carbocycles. The Hall–Kier alpha value is -0.260. The third-order valence-corrected chi connectivity index (χ3v) is 2.17. The Morgan fingerprint density at radius 3 is 1.15 bits per heavy atom. The van der Waals surface area contributed by atoms with E-state index < -0.39 is 0 Å². The van der Waals surface area contributed by atoms with Crippen molar-refractivity contribution in [3.05, 3.63) is 12.2 Å². The predicted octanol–water partition coefficient (Wildman–Crippen LogP) is 4.95. The van der Waals surface area contributed by atoms with Gasteiger partial charge in [0.2, 0.25) is 0 Å². The van der Waals surface area contributed by atoms with Crippen molar-refractivity contribution >= 4 is 0 Å². The summed E-state index contributed by atoms with van der Waals surface area (Å²) in [7, 11) is 0. The average Bonchev–Trinajstić information content (AvgIpc) is 2.06. The SMILES string of the molecule is C1CCCCC1.CC=CC(C)(C)C. The molecular weight excluding hydrogens is 156 g/mol. The van der Waals surface area contributed by atoms with Crippen LogP contribution < -0.4 is 0 Å². The maximum atomic E-state index is 2.19. The van der Waals surface area contributed by atoms with E-state index in [0.29, 0.717) is 5.41 Å². The van der Waals surface area contributed by atoms with Crippen molar-refractivity contribution in [2.45, 2.75) is 66.2 Å². The van der Waals surface area contributed by atoms with Crippen molar-refractivity contribution in [3.8, 4) is 0 Å².